The van der Waals surface area contributed by atoms with Crippen LogP contribution in [-0.4, -0.2) is 18.2 Å². The second kappa shape index (κ2) is 4.60. The highest BCUT2D eigenvalue weighted by Gasteiger charge is 2.40. The van der Waals surface area contributed by atoms with E-state index in [1.54, 1.807) is 24.3 Å². The summed E-state index contributed by atoms with van der Waals surface area (Å²) in [7, 11) is 0. The molecule has 2 aromatic carbocycles. The number of carbonyl (C=O) groups is 2. The molecule has 1 amide bonds. The summed E-state index contributed by atoms with van der Waals surface area (Å²) < 4.78 is 0. The molecule has 2 aromatic rings. The predicted molar refractivity (Wildman–Crippen MR) is 76.9 cm³/mol. The van der Waals surface area contributed by atoms with E-state index in [9.17, 15) is 9.59 Å². The number of benzene rings is 2. The Morgan fingerprint density at radius 3 is 2.20 bits per heavy atom. The molecule has 1 aliphatic heterocycles. The zero-order valence-corrected chi connectivity index (χ0v) is 11.2. The van der Waals surface area contributed by atoms with Gasteiger partial charge in [-0.05, 0) is 18.6 Å². The largest absolute Gasteiger partial charge is 0.351 e. The van der Waals surface area contributed by atoms with Gasteiger partial charge in [0, 0.05) is 12.1 Å². The zero-order chi connectivity index (χ0) is 14.2. The molecule has 3 heteroatoms. The monoisotopic (exact) mass is 265 g/mol. The van der Waals surface area contributed by atoms with Gasteiger partial charge in [-0.25, -0.2) is 0 Å². The maximum absolute atomic E-state index is 12.9. The average Bonchev–Trinajstić information content (AvgIpc) is 2.60. The highest BCUT2D eigenvalue weighted by Crippen LogP contribution is 2.31. The Hall–Kier alpha value is -2.42. The van der Waals surface area contributed by atoms with Crippen molar-refractivity contribution in [1.82, 2.24) is 5.32 Å². The van der Waals surface area contributed by atoms with Gasteiger partial charge in [0.25, 0.3) is 5.91 Å². The second-order valence-electron chi connectivity index (χ2n) is 5.26. The van der Waals surface area contributed by atoms with Gasteiger partial charge in [0.2, 0.25) is 0 Å². The number of carbonyl (C=O) groups excluding carboxylic acids is 2. The SMILES string of the molecule is CC1(c2ccccc2)CNC(=O)c2ccccc2C1=O. The summed E-state index contributed by atoms with van der Waals surface area (Å²) in [6, 6.07) is 16.6. The van der Waals surface area contributed by atoms with E-state index in [4.69, 9.17) is 0 Å². The van der Waals surface area contributed by atoms with E-state index in [1.165, 1.54) is 0 Å². The summed E-state index contributed by atoms with van der Waals surface area (Å²) >= 11 is 0. The second-order valence-corrected chi connectivity index (χ2v) is 5.26. The molecule has 1 N–H and O–H groups in total. The Morgan fingerprint density at radius 1 is 0.900 bits per heavy atom. The minimum Gasteiger partial charge on any atom is -0.351 e. The zero-order valence-electron chi connectivity index (χ0n) is 11.2. The van der Waals surface area contributed by atoms with E-state index in [2.05, 4.69) is 5.32 Å². The van der Waals surface area contributed by atoms with Crippen molar-refractivity contribution in [3.63, 3.8) is 0 Å². The van der Waals surface area contributed by atoms with Crippen molar-refractivity contribution in [1.29, 1.82) is 0 Å². The summed E-state index contributed by atoms with van der Waals surface area (Å²) in [5, 5.41) is 2.86. The van der Waals surface area contributed by atoms with Crippen molar-refractivity contribution >= 4 is 11.7 Å². The Kier molecular flexibility index (Phi) is 2.90. The molecule has 0 fully saturated rings. The van der Waals surface area contributed by atoms with Gasteiger partial charge in [0.15, 0.2) is 5.78 Å². The van der Waals surface area contributed by atoms with Crippen LogP contribution in [0.3, 0.4) is 0 Å². The third-order valence-corrected chi connectivity index (χ3v) is 3.93. The number of amides is 1. The number of ketones is 1. The number of hydrogen-bond donors (Lipinski definition) is 1. The minimum atomic E-state index is -0.733. The summed E-state index contributed by atoms with van der Waals surface area (Å²) in [6.45, 7) is 2.19. The number of nitrogens with one attached hydrogen (secondary N) is 1. The maximum Gasteiger partial charge on any atom is 0.252 e. The van der Waals surface area contributed by atoms with Gasteiger partial charge >= 0.3 is 0 Å². The van der Waals surface area contributed by atoms with Crippen LogP contribution in [0.4, 0.5) is 0 Å². The molecular weight excluding hydrogens is 250 g/mol. The lowest BCUT2D eigenvalue weighted by molar-refractivity contribution is 0.0894. The molecular formula is C17H15NO2. The molecule has 0 bridgehead atoms. The first-order valence-electron chi connectivity index (χ1n) is 6.60. The Labute approximate surface area is 117 Å². The topological polar surface area (TPSA) is 46.2 Å². The highest BCUT2D eigenvalue weighted by atomic mass is 16.2. The number of fused-ring (bicyclic) bond motifs is 1. The summed E-state index contributed by atoms with van der Waals surface area (Å²) in [5.74, 6) is -0.203. The molecule has 1 unspecified atom stereocenters. The molecule has 0 spiro atoms. The van der Waals surface area contributed by atoms with Crippen molar-refractivity contribution in [3.05, 3.63) is 71.3 Å². The van der Waals surface area contributed by atoms with E-state index >= 15 is 0 Å². The van der Waals surface area contributed by atoms with Crippen molar-refractivity contribution < 1.29 is 9.59 Å². The van der Waals surface area contributed by atoms with E-state index in [0.717, 1.165) is 5.56 Å². The van der Waals surface area contributed by atoms with Crippen molar-refractivity contribution in [2.45, 2.75) is 12.3 Å². The normalized spacial score (nSPS) is 21.9. The predicted octanol–water partition coefficient (Wildman–Crippen LogP) is 2.57. The first-order valence-corrected chi connectivity index (χ1v) is 6.60. The molecule has 0 radical (unpaired) electrons. The van der Waals surface area contributed by atoms with Crippen molar-refractivity contribution in [3.8, 4) is 0 Å². The van der Waals surface area contributed by atoms with Crippen LogP contribution in [-0.2, 0) is 5.41 Å². The molecule has 1 heterocycles. The van der Waals surface area contributed by atoms with Gasteiger partial charge in [-0.15, -0.1) is 0 Å². The molecule has 1 aliphatic rings. The lowest BCUT2D eigenvalue weighted by Gasteiger charge is -2.27. The van der Waals surface area contributed by atoms with E-state index in [0.29, 0.717) is 17.7 Å². The van der Waals surface area contributed by atoms with Gasteiger partial charge in [0.05, 0.1) is 11.0 Å². The van der Waals surface area contributed by atoms with Crippen LogP contribution < -0.4 is 5.32 Å². The molecule has 3 nitrogen and oxygen atoms in total. The lowest BCUT2D eigenvalue weighted by Crippen LogP contribution is -2.41. The minimum absolute atomic E-state index is 0.0161. The first-order chi connectivity index (χ1) is 9.63. The van der Waals surface area contributed by atoms with Crippen LogP contribution in [0.1, 0.15) is 33.2 Å². The third-order valence-electron chi connectivity index (χ3n) is 3.93. The highest BCUT2D eigenvalue weighted by molar-refractivity contribution is 6.13. The summed E-state index contributed by atoms with van der Waals surface area (Å²) in [5.41, 5.74) is 1.14. The van der Waals surface area contributed by atoms with Crippen LogP contribution in [0.15, 0.2) is 54.6 Å². The van der Waals surface area contributed by atoms with E-state index < -0.39 is 5.41 Å². The van der Waals surface area contributed by atoms with Gasteiger partial charge in [-0.1, -0.05) is 48.5 Å². The summed E-state index contributed by atoms with van der Waals surface area (Å²) in [6.07, 6.45) is 0. The van der Waals surface area contributed by atoms with Crippen LogP contribution in [0.2, 0.25) is 0 Å². The lowest BCUT2D eigenvalue weighted by atomic mass is 9.76. The molecule has 100 valence electrons. The van der Waals surface area contributed by atoms with Gasteiger partial charge in [-0.3, -0.25) is 9.59 Å². The maximum atomic E-state index is 12.9. The van der Waals surface area contributed by atoms with Crippen molar-refractivity contribution in [2.24, 2.45) is 0 Å². The van der Waals surface area contributed by atoms with Gasteiger partial charge in [0.1, 0.15) is 0 Å². The number of rotatable bonds is 1. The van der Waals surface area contributed by atoms with E-state index in [1.807, 2.05) is 37.3 Å². The van der Waals surface area contributed by atoms with Gasteiger partial charge in [-0.2, -0.15) is 0 Å². The number of Topliss-reactive ketones (excluding diaryl/α,β-unsaturated/α-hetero) is 1. The van der Waals surface area contributed by atoms with Crippen LogP contribution in [0.5, 0.6) is 0 Å². The molecule has 0 aliphatic carbocycles. The Balaban J connectivity index is 2.17. The first kappa shape index (κ1) is 12.6. The third kappa shape index (κ3) is 1.83. The van der Waals surface area contributed by atoms with E-state index in [-0.39, 0.29) is 11.7 Å². The average molecular weight is 265 g/mol. The molecule has 1 atom stereocenters. The standard InChI is InChI=1S/C17H15NO2/c1-17(12-7-3-2-4-8-12)11-18-16(20)14-10-6-5-9-13(14)15(17)19/h2-10H,11H2,1H3,(H,18,20). The molecule has 0 saturated carbocycles. The summed E-state index contributed by atoms with van der Waals surface area (Å²) in [4.78, 5) is 25.0. The molecule has 3 rings (SSSR count). The van der Waals surface area contributed by atoms with Crippen LogP contribution >= 0.6 is 0 Å². The Morgan fingerprint density at radius 2 is 1.50 bits per heavy atom. The van der Waals surface area contributed by atoms with Gasteiger partial charge < -0.3 is 5.32 Å². The fraction of sp³-hybridized carbons (Fsp3) is 0.176. The smallest absolute Gasteiger partial charge is 0.252 e. The molecule has 0 aromatic heterocycles. The molecule has 0 saturated heterocycles. The fourth-order valence-corrected chi connectivity index (χ4v) is 2.65. The fourth-order valence-electron chi connectivity index (χ4n) is 2.65. The number of hydrogen-bond acceptors (Lipinski definition) is 2. The quantitative estimate of drug-likeness (QED) is 0.861. The van der Waals surface area contributed by atoms with Crippen LogP contribution in [0, 0.1) is 0 Å². The molecule has 20 heavy (non-hydrogen) atoms. The van der Waals surface area contributed by atoms with Crippen molar-refractivity contribution in [2.75, 3.05) is 6.54 Å². The van der Waals surface area contributed by atoms with Crippen LogP contribution in [0.25, 0.3) is 0 Å². The Bertz CT molecular complexity index is 678.